The summed E-state index contributed by atoms with van der Waals surface area (Å²) in [6.45, 7) is 0.422. The molecule has 1 aliphatic rings. The number of carbonyl (C=O) groups is 1. The molecule has 4 heteroatoms. The first-order chi connectivity index (χ1) is 8.72. The van der Waals surface area contributed by atoms with Gasteiger partial charge in [0, 0.05) is 23.8 Å². The van der Waals surface area contributed by atoms with Crippen molar-refractivity contribution in [2.45, 2.75) is 31.7 Å². The van der Waals surface area contributed by atoms with Crippen molar-refractivity contribution in [3.8, 4) is 0 Å². The first-order valence-electron chi connectivity index (χ1n) is 6.49. The predicted octanol–water partition coefficient (Wildman–Crippen LogP) is 1.65. The number of aliphatic hydroxyl groups is 1. The maximum atomic E-state index is 12.4. The number of rotatable bonds is 4. The second-order valence-electron chi connectivity index (χ2n) is 4.78. The van der Waals surface area contributed by atoms with Gasteiger partial charge < -0.3 is 15.7 Å². The van der Waals surface area contributed by atoms with Gasteiger partial charge >= 0.3 is 0 Å². The summed E-state index contributed by atoms with van der Waals surface area (Å²) in [5.74, 6) is -0.00375. The Morgan fingerprint density at radius 2 is 1.89 bits per heavy atom. The van der Waals surface area contributed by atoms with Crippen LogP contribution in [0.3, 0.4) is 0 Å². The molecule has 1 fully saturated rings. The first-order valence-corrected chi connectivity index (χ1v) is 6.49. The lowest BCUT2D eigenvalue weighted by Gasteiger charge is -2.28. The van der Waals surface area contributed by atoms with E-state index in [4.69, 9.17) is 10.8 Å². The average molecular weight is 248 g/mol. The SMILES string of the molecule is Nc1ccc(C(=O)N(CCO)C2CCCC2)cc1. The Hall–Kier alpha value is -1.55. The highest BCUT2D eigenvalue weighted by atomic mass is 16.3. The van der Waals surface area contributed by atoms with Gasteiger partial charge in [0.2, 0.25) is 0 Å². The zero-order valence-corrected chi connectivity index (χ0v) is 10.5. The molecule has 2 rings (SSSR count). The van der Waals surface area contributed by atoms with Gasteiger partial charge in [0.25, 0.3) is 5.91 Å². The van der Waals surface area contributed by atoms with E-state index in [1.54, 1.807) is 29.2 Å². The quantitative estimate of drug-likeness (QED) is 0.796. The molecule has 1 saturated carbocycles. The Bertz CT molecular complexity index is 397. The van der Waals surface area contributed by atoms with Gasteiger partial charge in [-0.1, -0.05) is 12.8 Å². The summed E-state index contributed by atoms with van der Waals surface area (Å²) >= 11 is 0. The number of hydrogen-bond acceptors (Lipinski definition) is 3. The zero-order chi connectivity index (χ0) is 13.0. The normalized spacial score (nSPS) is 15.8. The van der Waals surface area contributed by atoms with Crippen molar-refractivity contribution in [2.24, 2.45) is 0 Å². The third-order valence-corrected chi connectivity index (χ3v) is 3.52. The molecule has 0 aromatic heterocycles. The second-order valence-corrected chi connectivity index (χ2v) is 4.78. The van der Waals surface area contributed by atoms with Crippen LogP contribution in [0.25, 0.3) is 0 Å². The molecule has 1 aromatic carbocycles. The molecule has 18 heavy (non-hydrogen) atoms. The molecule has 98 valence electrons. The maximum Gasteiger partial charge on any atom is 0.254 e. The van der Waals surface area contributed by atoms with E-state index in [0.717, 1.165) is 12.8 Å². The molecule has 0 bridgehead atoms. The van der Waals surface area contributed by atoms with Gasteiger partial charge in [-0.3, -0.25) is 4.79 Å². The summed E-state index contributed by atoms with van der Waals surface area (Å²) in [7, 11) is 0. The Balaban J connectivity index is 2.14. The smallest absolute Gasteiger partial charge is 0.254 e. The van der Waals surface area contributed by atoms with Crippen LogP contribution in [0.1, 0.15) is 36.0 Å². The second kappa shape index (κ2) is 5.87. The van der Waals surface area contributed by atoms with E-state index in [1.165, 1.54) is 12.8 Å². The number of nitrogens with two attached hydrogens (primary N) is 1. The number of nitrogen functional groups attached to an aromatic ring is 1. The fraction of sp³-hybridized carbons (Fsp3) is 0.500. The highest BCUT2D eigenvalue weighted by molar-refractivity contribution is 5.94. The van der Waals surface area contributed by atoms with Gasteiger partial charge in [-0.2, -0.15) is 0 Å². The summed E-state index contributed by atoms with van der Waals surface area (Å²) in [5.41, 5.74) is 6.92. The van der Waals surface area contributed by atoms with Gasteiger partial charge in [-0.25, -0.2) is 0 Å². The fourth-order valence-corrected chi connectivity index (χ4v) is 2.57. The molecule has 0 unspecified atom stereocenters. The topological polar surface area (TPSA) is 66.6 Å². The van der Waals surface area contributed by atoms with Crippen LogP contribution in [0.5, 0.6) is 0 Å². The number of aliphatic hydroxyl groups excluding tert-OH is 1. The minimum atomic E-state index is -0.00375. The molecule has 1 aromatic rings. The van der Waals surface area contributed by atoms with Crippen molar-refractivity contribution < 1.29 is 9.90 Å². The molecule has 3 N–H and O–H groups in total. The van der Waals surface area contributed by atoms with Crippen LogP contribution in [0.2, 0.25) is 0 Å². The van der Waals surface area contributed by atoms with Crippen LogP contribution < -0.4 is 5.73 Å². The Morgan fingerprint density at radius 1 is 1.28 bits per heavy atom. The number of nitrogens with zero attached hydrogens (tertiary/aromatic N) is 1. The van der Waals surface area contributed by atoms with E-state index in [2.05, 4.69) is 0 Å². The van der Waals surface area contributed by atoms with Crippen molar-refractivity contribution in [3.63, 3.8) is 0 Å². The van der Waals surface area contributed by atoms with E-state index in [-0.39, 0.29) is 18.6 Å². The zero-order valence-electron chi connectivity index (χ0n) is 10.5. The summed E-state index contributed by atoms with van der Waals surface area (Å²) in [6, 6.07) is 7.24. The maximum absolute atomic E-state index is 12.4. The number of benzene rings is 1. The highest BCUT2D eigenvalue weighted by Crippen LogP contribution is 2.24. The van der Waals surface area contributed by atoms with Gasteiger partial charge in [0.1, 0.15) is 0 Å². The van der Waals surface area contributed by atoms with Crippen LogP contribution in [-0.4, -0.2) is 35.1 Å². The fourth-order valence-electron chi connectivity index (χ4n) is 2.57. The van der Waals surface area contributed by atoms with Crippen molar-refractivity contribution >= 4 is 11.6 Å². The molecule has 0 radical (unpaired) electrons. The molecular weight excluding hydrogens is 228 g/mol. The van der Waals surface area contributed by atoms with Crippen LogP contribution in [-0.2, 0) is 0 Å². The molecule has 0 heterocycles. The van der Waals surface area contributed by atoms with Crippen molar-refractivity contribution in [2.75, 3.05) is 18.9 Å². The number of anilines is 1. The summed E-state index contributed by atoms with van der Waals surface area (Å²) in [4.78, 5) is 14.2. The van der Waals surface area contributed by atoms with Crippen LogP contribution in [0.4, 0.5) is 5.69 Å². The van der Waals surface area contributed by atoms with Crippen LogP contribution in [0.15, 0.2) is 24.3 Å². The molecule has 1 aliphatic carbocycles. The largest absolute Gasteiger partial charge is 0.399 e. The Morgan fingerprint density at radius 3 is 2.44 bits per heavy atom. The van der Waals surface area contributed by atoms with E-state index >= 15 is 0 Å². The summed E-state index contributed by atoms with van der Waals surface area (Å²) in [6.07, 6.45) is 4.42. The molecular formula is C14H20N2O2. The van der Waals surface area contributed by atoms with E-state index in [0.29, 0.717) is 17.8 Å². The Labute approximate surface area is 107 Å². The molecule has 0 saturated heterocycles. The van der Waals surface area contributed by atoms with Gasteiger partial charge in [-0.15, -0.1) is 0 Å². The van der Waals surface area contributed by atoms with Crippen molar-refractivity contribution in [1.29, 1.82) is 0 Å². The number of carbonyl (C=O) groups excluding carboxylic acids is 1. The molecule has 0 aliphatic heterocycles. The lowest BCUT2D eigenvalue weighted by Crippen LogP contribution is -2.40. The predicted molar refractivity (Wildman–Crippen MR) is 71.2 cm³/mol. The lowest BCUT2D eigenvalue weighted by atomic mass is 10.1. The molecule has 0 atom stereocenters. The minimum Gasteiger partial charge on any atom is -0.399 e. The number of amides is 1. The summed E-state index contributed by atoms with van der Waals surface area (Å²) in [5, 5.41) is 9.12. The van der Waals surface area contributed by atoms with Crippen LogP contribution in [0, 0.1) is 0 Å². The number of hydrogen-bond donors (Lipinski definition) is 2. The third kappa shape index (κ3) is 2.82. The lowest BCUT2D eigenvalue weighted by molar-refractivity contribution is 0.0638. The van der Waals surface area contributed by atoms with E-state index < -0.39 is 0 Å². The van der Waals surface area contributed by atoms with Crippen LogP contribution >= 0.6 is 0 Å². The van der Waals surface area contributed by atoms with Gasteiger partial charge in [0.05, 0.1) is 6.61 Å². The van der Waals surface area contributed by atoms with Gasteiger partial charge in [-0.05, 0) is 37.1 Å². The third-order valence-electron chi connectivity index (χ3n) is 3.52. The van der Waals surface area contributed by atoms with Gasteiger partial charge in [0.15, 0.2) is 0 Å². The first kappa shape index (κ1) is 12.9. The highest BCUT2D eigenvalue weighted by Gasteiger charge is 2.26. The van der Waals surface area contributed by atoms with Crippen molar-refractivity contribution in [3.05, 3.63) is 29.8 Å². The Kier molecular flexibility index (Phi) is 4.20. The van der Waals surface area contributed by atoms with E-state index in [1.807, 2.05) is 0 Å². The molecule has 0 spiro atoms. The van der Waals surface area contributed by atoms with E-state index in [9.17, 15) is 4.79 Å². The minimum absolute atomic E-state index is 0.00375. The standard InChI is InChI=1S/C14H20N2O2/c15-12-7-5-11(6-8-12)14(18)16(9-10-17)13-3-1-2-4-13/h5-8,13,17H,1-4,9-10,15H2. The molecule has 4 nitrogen and oxygen atoms in total. The summed E-state index contributed by atoms with van der Waals surface area (Å²) < 4.78 is 0. The average Bonchev–Trinajstić information content (AvgIpc) is 2.90. The molecule has 1 amide bonds. The monoisotopic (exact) mass is 248 g/mol. The van der Waals surface area contributed by atoms with Crippen molar-refractivity contribution in [1.82, 2.24) is 4.90 Å².